The fraction of sp³-hybridized carbons (Fsp3) is 0.429. The first-order chi connectivity index (χ1) is 13.0. The molecule has 1 amide bonds. The monoisotopic (exact) mass is 386 g/mol. The number of benzene rings is 1. The van der Waals surface area contributed by atoms with Gasteiger partial charge in [-0.2, -0.15) is 0 Å². The number of carbonyl (C=O) groups is 1. The van der Waals surface area contributed by atoms with Gasteiger partial charge in [-0.1, -0.05) is 32.0 Å². The molecule has 0 bridgehead atoms. The second kappa shape index (κ2) is 10.7. The van der Waals surface area contributed by atoms with E-state index >= 15 is 0 Å². The maximum Gasteiger partial charge on any atom is 0.251 e. The van der Waals surface area contributed by atoms with Gasteiger partial charge in [-0.25, -0.2) is 0 Å². The van der Waals surface area contributed by atoms with E-state index in [9.17, 15) is 4.79 Å². The second-order valence-electron chi connectivity index (χ2n) is 6.71. The zero-order valence-electron chi connectivity index (χ0n) is 16.6. The van der Waals surface area contributed by atoms with Gasteiger partial charge in [-0.15, -0.1) is 11.3 Å². The topological polar surface area (TPSA) is 65.5 Å². The summed E-state index contributed by atoms with van der Waals surface area (Å²) in [6.45, 7) is 7.69. The molecule has 5 nitrogen and oxygen atoms in total. The standard InChI is InChI=1S/C21H30N4OS/c1-5-16(3)25-20(26)18-9-6-8-17(12-18)14-24-21(22-4)23-13-15(2)19-10-7-11-27-19/h6-12,15-16H,5,13-14H2,1-4H3,(H,25,26)(H2,22,23,24). The first-order valence-electron chi connectivity index (χ1n) is 9.41. The molecule has 146 valence electrons. The molecule has 2 aromatic rings. The van der Waals surface area contributed by atoms with E-state index in [0.717, 1.165) is 24.5 Å². The Morgan fingerprint density at radius 3 is 2.67 bits per heavy atom. The molecule has 0 fully saturated rings. The van der Waals surface area contributed by atoms with Gasteiger partial charge in [0.1, 0.15) is 0 Å². The van der Waals surface area contributed by atoms with Crippen molar-refractivity contribution in [2.45, 2.75) is 45.7 Å². The third kappa shape index (κ3) is 6.71. The largest absolute Gasteiger partial charge is 0.356 e. The predicted molar refractivity (Wildman–Crippen MR) is 115 cm³/mol. The minimum atomic E-state index is -0.0292. The van der Waals surface area contributed by atoms with Crippen molar-refractivity contribution < 1.29 is 4.79 Å². The third-order valence-corrected chi connectivity index (χ3v) is 5.57. The molecule has 0 aliphatic carbocycles. The van der Waals surface area contributed by atoms with Crippen LogP contribution in [-0.4, -0.2) is 31.5 Å². The molecule has 0 spiro atoms. The highest BCUT2D eigenvalue weighted by Crippen LogP contribution is 2.19. The summed E-state index contributed by atoms with van der Waals surface area (Å²) in [6.07, 6.45) is 0.916. The van der Waals surface area contributed by atoms with Gasteiger partial charge in [0.05, 0.1) is 0 Å². The van der Waals surface area contributed by atoms with Crippen molar-refractivity contribution in [1.29, 1.82) is 0 Å². The van der Waals surface area contributed by atoms with Gasteiger partial charge >= 0.3 is 0 Å². The number of hydrogen-bond acceptors (Lipinski definition) is 3. The normalized spacial score (nSPS) is 13.7. The van der Waals surface area contributed by atoms with Crippen LogP contribution < -0.4 is 16.0 Å². The Morgan fingerprint density at radius 1 is 1.19 bits per heavy atom. The molecule has 6 heteroatoms. The summed E-state index contributed by atoms with van der Waals surface area (Å²) in [5, 5.41) is 11.8. The fourth-order valence-corrected chi connectivity index (χ4v) is 3.35. The average Bonchev–Trinajstić information content (AvgIpc) is 3.23. The number of aliphatic imine (C=N–C) groups is 1. The van der Waals surface area contributed by atoms with Gasteiger partial charge in [-0.05, 0) is 42.5 Å². The van der Waals surface area contributed by atoms with Crippen LogP contribution in [0.25, 0.3) is 0 Å². The lowest BCUT2D eigenvalue weighted by Crippen LogP contribution is -2.38. The molecule has 2 atom stereocenters. The highest BCUT2D eigenvalue weighted by molar-refractivity contribution is 7.10. The van der Waals surface area contributed by atoms with E-state index < -0.39 is 0 Å². The Balaban J connectivity index is 1.87. The summed E-state index contributed by atoms with van der Waals surface area (Å²) < 4.78 is 0. The highest BCUT2D eigenvalue weighted by Gasteiger charge is 2.10. The quantitative estimate of drug-likeness (QED) is 0.478. The van der Waals surface area contributed by atoms with Crippen LogP contribution in [0.15, 0.2) is 46.8 Å². The maximum absolute atomic E-state index is 12.3. The lowest BCUT2D eigenvalue weighted by molar-refractivity contribution is 0.0939. The number of carbonyl (C=O) groups excluding carboxylic acids is 1. The van der Waals surface area contributed by atoms with E-state index in [1.165, 1.54) is 4.88 Å². The third-order valence-electron chi connectivity index (χ3n) is 4.47. The van der Waals surface area contributed by atoms with Gasteiger partial charge in [0.2, 0.25) is 0 Å². The number of rotatable bonds is 8. The average molecular weight is 387 g/mol. The highest BCUT2D eigenvalue weighted by atomic mass is 32.1. The van der Waals surface area contributed by atoms with Crippen molar-refractivity contribution in [1.82, 2.24) is 16.0 Å². The van der Waals surface area contributed by atoms with Crippen LogP contribution in [0.3, 0.4) is 0 Å². The van der Waals surface area contributed by atoms with E-state index in [1.807, 2.05) is 31.2 Å². The molecule has 2 rings (SSSR count). The number of amides is 1. The van der Waals surface area contributed by atoms with Crippen LogP contribution >= 0.6 is 11.3 Å². The molecule has 0 radical (unpaired) electrons. The van der Waals surface area contributed by atoms with Crippen molar-refractivity contribution in [3.63, 3.8) is 0 Å². The van der Waals surface area contributed by atoms with Crippen LogP contribution in [0.1, 0.15) is 53.9 Å². The molecule has 27 heavy (non-hydrogen) atoms. The van der Waals surface area contributed by atoms with Crippen molar-refractivity contribution in [2.75, 3.05) is 13.6 Å². The number of guanidine groups is 1. The summed E-state index contributed by atoms with van der Waals surface area (Å²) >= 11 is 1.77. The number of thiophene rings is 1. The maximum atomic E-state index is 12.3. The van der Waals surface area contributed by atoms with E-state index in [0.29, 0.717) is 18.0 Å². The summed E-state index contributed by atoms with van der Waals surface area (Å²) in [5.74, 6) is 1.16. The molecule has 3 N–H and O–H groups in total. The number of nitrogens with one attached hydrogen (secondary N) is 3. The van der Waals surface area contributed by atoms with Crippen molar-refractivity contribution >= 4 is 23.2 Å². The van der Waals surface area contributed by atoms with E-state index in [4.69, 9.17) is 0 Å². The molecule has 0 aliphatic heterocycles. The van der Waals surface area contributed by atoms with Crippen molar-refractivity contribution in [2.24, 2.45) is 4.99 Å². The Kier molecular flexibility index (Phi) is 8.33. The molecule has 1 aromatic carbocycles. The second-order valence-corrected chi connectivity index (χ2v) is 7.69. The number of hydrogen-bond donors (Lipinski definition) is 3. The molecule has 1 heterocycles. The summed E-state index contributed by atoms with van der Waals surface area (Å²) in [6, 6.07) is 12.1. The van der Waals surface area contributed by atoms with Crippen molar-refractivity contribution in [3.05, 3.63) is 57.8 Å². The smallest absolute Gasteiger partial charge is 0.251 e. The summed E-state index contributed by atoms with van der Waals surface area (Å²) in [5.41, 5.74) is 1.73. The van der Waals surface area contributed by atoms with Gasteiger partial charge in [0, 0.05) is 42.5 Å². The van der Waals surface area contributed by atoms with Crippen LogP contribution in [0.5, 0.6) is 0 Å². The van der Waals surface area contributed by atoms with Crippen LogP contribution in [0.2, 0.25) is 0 Å². The fourth-order valence-electron chi connectivity index (χ4n) is 2.56. The van der Waals surface area contributed by atoms with Crippen LogP contribution in [-0.2, 0) is 6.54 Å². The molecular weight excluding hydrogens is 356 g/mol. The van der Waals surface area contributed by atoms with Crippen molar-refractivity contribution in [3.8, 4) is 0 Å². The van der Waals surface area contributed by atoms with E-state index in [-0.39, 0.29) is 11.9 Å². The molecule has 1 aromatic heterocycles. The molecule has 0 saturated carbocycles. The Bertz CT molecular complexity index is 742. The van der Waals surface area contributed by atoms with E-state index in [1.54, 1.807) is 18.4 Å². The van der Waals surface area contributed by atoms with E-state index in [2.05, 4.69) is 52.3 Å². The SMILES string of the molecule is CCC(C)NC(=O)c1cccc(CNC(=NC)NCC(C)c2cccs2)c1. The van der Waals surface area contributed by atoms with Gasteiger partial charge in [-0.3, -0.25) is 9.79 Å². The minimum Gasteiger partial charge on any atom is -0.356 e. The minimum absolute atomic E-state index is 0.0292. The first-order valence-corrected chi connectivity index (χ1v) is 10.3. The predicted octanol–water partition coefficient (Wildman–Crippen LogP) is 3.75. The van der Waals surface area contributed by atoms with Gasteiger partial charge in [0.15, 0.2) is 5.96 Å². The molecule has 0 saturated heterocycles. The lowest BCUT2D eigenvalue weighted by atomic mass is 10.1. The summed E-state index contributed by atoms with van der Waals surface area (Å²) in [7, 11) is 1.77. The lowest BCUT2D eigenvalue weighted by Gasteiger charge is -2.16. The summed E-state index contributed by atoms with van der Waals surface area (Å²) in [4.78, 5) is 17.9. The van der Waals surface area contributed by atoms with Gasteiger partial charge in [0.25, 0.3) is 5.91 Å². The Morgan fingerprint density at radius 2 is 2.00 bits per heavy atom. The van der Waals surface area contributed by atoms with Crippen LogP contribution in [0.4, 0.5) is 0 Å². The first kappa shape index (κ1) is 21.0. The molecule has 0 aliphatic rings. The Labute approximate surface area is 166 Å². The van der Waals surface area contributed by atoms with Gasteiger partial charge < -0.3 is 16.0 Å². The van der Waals surface area contributed by atoms with Crippen LogP contribution in [0, 0.1) is 0 Å². The zero-order chi connectivity index (χ0) is 19.6. The molecule has 2 unspecified atom stereocenters. The number of nitrogens with zero attached hydrogens (tertiary/aromatic N) is 1. The Hall–Kier alpha value is -2.34. The zero-order valence-corrected chi connectivity index (χ0v) is 17.4. The molecular formula is C21H30N4OS.